The summed E-state index contributed by atoms with van der Waals surface area (Å²) in [6, 6.07) is -0.0562. The van der Waals surface area contributed by atoms with Gasteiger partial charge in [0, 0.05) is 20.1 Å². The molecule has 0 spiro atoms. The number of nitrogen functional groups attached to an aromatic ring is 1. The Hall–Kier alpha value is -1.08. The summed E-state index contributed by atoms with van der Waals surface area (Å²) in [5.41, 5.74) is 5.60. The Balaban J connectivity index is 3.12. The smallest absolute Gasteiger partial charge is 0.262 e. The van der Waals surface area contributed by atoms with Crippen LogP contribution in [0, 0.1) is 0 Å². The summed E-state index contributed by atoms with van der Waals surface area (Å²) in [5, 5.41) is 0.0583. The van der Waals surface area contributed by atoms with Crippen molar-refractivity contribution in [3.63, 3.8) is 0 Å². The minimum absolute atomic E-state index is 0.0445. The normalized spacial score (nSPS) is 14.2. The van der Waals surface area contributed by atoms with E-state index in [2.05, 4.69) is 4.98 Å². The number of sulfonamides is 1. The van der Waals surface area contributed by atoms with Crippen LogP contribution in [0.2, 0.25) is 0 Å². The molecule has 17 heavy (non-hydrogen) atoms. The molecule has 0 aliphatic carbocycles. The highest BCUT2D eigenvalue weighted by molar-refractivity contribution is 7.89. The predicted octanol–water partition coefficient (Wildman–Crippen LogP) is 0.811. The van der Waals surface area contributed by atoms with Crippen LogP contribution in [0.1, 0.15) is 26.7 Å². The lowest BCUT2D eigenvalue weighted by Gasteiger charge is -2.24. The average Bonchev–Trinajstić information content (AvgIpc) is 2.58. The highest BCUT2D eigenvalue weighted by Gasteiger charge is 2.29. The molecule has 0 aliphatic rings. The Kier molecular flexibility index (Phi) is 4.16. The number of hydrogen-bond donors (Lipinski definition) is 1. The highest BCUT2D eigenvalue weighted by Crippen LogP contribution is 2.22. The van der Waals surface area contributed by atoms with E-state index in [1.807, 2.05) is 13.8 Å². The number of nitrogens with zero attached hydrogens (tertiary/aromatic N) is 3. The molecule has 0 aliphatic heterocycles. The first-order valence-electron chi connectivity index (χ1n) is 5.57. The lowest BCUT2D eigenvalue weighted by molar-refractivity contribution is 0.366. The molecule has 2 N–H and O–H groups in total. The number of rotatable bonds is 5. The molecule has 0 amide bonds. The Labute approximate surface area is 102 Å². The molecule has 1 aromatic heterocycles. The largest absolute Gasteiger partial charge is 0.381 e. The number of aryl methyl sites for hydroxylation is 1. The van der Waals surface area contributed by atoms with Crippen LogP contribution >= 0.6 is 0 Å². The third kappa shape index (κ3) is 2.61. The van der Waals surface area contributed by atoms with Gasteiger partial charge >= 0.3 is 0 Å². The summed E-state index contributed by atoms with van der Waals surface area (Å²) in [5.74, 6) is 0.0445. The van der Waals surface area contributed by atoms with Gasteiger partial charge in [0.2, 0.25) is 0 Å². The van der Waals surface area contributed by atoms with Crippen LogP contribution in [0.4, 0.5) is 5.82 Å². The van der Waals surface area contributed by atoms with E-state index in [0.29, 0.717) is 0 Å². The second-order valence-corrected chi connectivity index (χ2v) is 6.12. The molecule has 0 fully saturated rings. The summed E-state index contributed by atoms with van der Waals surface area (Å²) in [7, 11) is -0.378. The zero-order valence-electron chi connectivity index (χ0n) is 10.7. The van der Waals surface area contributed by atoms with Gasteiger partial charge in [0.05, 0.1) is 6.33 Å². The van der Waals surface area contributed by atoms with Gasteiger partial charge in [0.15, 0.2) is 10.8 Å². The van der Waals surface area contributed by atoms with Crippen LogP contribution in [0.25, 0.3) is 0 Å². The molecule has 1 unspecified atom stereocenters. The second-order valence-electron chi connectivity index (χ2n) is 4.20. The Bertz CT molecular complexity index is 461. The van der Waals surface area contributed by atoms with Crippen molar-refractivity contribution in [3.8, 4) is 0 Å². The van der Waals surface area contributed by atoms with Crippen molar-refractivity contribution in [2.75, 3.05) is 12.8 Å². The first-order chi connectivity index (χ1) is 7.82. The quantitative estimate of drug-likeness (QED) is 0.849. The fourth-order valence-electron chi connectivity index (χ4n) is 1.72. The summed E-state index contributed by atoms with van der Waals surface area (Å²) in [6.45, 7) is 3.91. The van der Waals surface area contributed by atoms with Crippen molar-refractivity contribution >= 4 is 15.8 Å². The minimum atomic E-state index is -3.57. The van der Waals surface area contributed by atoms with E-state index >= 15 is 0 Å². The zero-order chi connectivity index (χ0) is 13.2. The van der Waals surface area contributed by atoms with Crippen molar-refractivity contribution in [2.24, 2.45) is 7.05 Å². The van der Waals surface area contributed by atoms with Gasteiger partial charge in [-0.05, 0) is 13.3 Å². The van der Waals surface area contributed by atoms with Gasteiger partial charge in [0.1, 0.15) is 0 Å². The SMILES string of the molecule is CCCC(C)N(C)S(=O)(=O)c1c(N)ncn1C. The molecule has 0 bridgehead atoms. The van der Waals surface area contributed by atoms with Crippen LogP contribution < -0.4 is 5.73 Å². The van der Waals surface area contributed by atoms with E-state index in [9.17, 15) is 8.42 Å². The van der Waals surface area contributed by atoms with Crippen LogP contribution in [-0.4, -0.2) is 35.4 Å². The van der Waals surface area contributed by atoms with E-state index in [4.69, 9.17) is 5.73 Å². The maximum atomic E-state index is 12.3. The Morgan fingerprint density at radius 1 is 1.59 bits per heavy atom. The number of hydrogen-bond acceptors (Lipinski definition) is 4. The van der Waals surface area contributed by atoms with Gasteiger partial charge in [-0.25, -0.2) is 13.4 Å². The standard InChI is InChI=1S/C10H20N4O2S/c1-5-6-8(2)14(4)17(15,16)10-9(11)12-7-13(10)3/h7-8H,5-6,11H2,1-4H3. The second kappa shape index (κ2) is 5.05. The van der Waals surface area contributed by atoms with Crippen molar-refractivity contribution in [1.82, 2.24) is 13.9 Å². The van der Waals surface area contributed by atoms with Crippen molar-refractivity contribution in [1.29, 1.82) is 0 Å². The summed E-state index contributed by atoms with van der Waals surface area (Å²) < 4.78 is 27.5. The van der Waals surface area contributed by atoms with Gasteiger partial charge in [0.25, 0.3) is 10.0 Å². The third-order valence-electron chi connectivity index (χ3n) is 2.86. The van der Waals surface area contributed by atoms with Gasteiger partial charge in [-0.1, -0.05) is 13.3 Å². The molecule has 0 saturated heterocycles. The molecule has 0 radical (unpaired) electrons. The van der Waals surface area contributed by atoms with E-state index in [-0.39, 0.29) is 16.9 Å². The maximum absolute atomic E-state index is 12.3. The fraction of sp³-hybridized carbons (Fsp3) is 0.700. The van der Waals surface area contributed by atoms with Gasteiger partial charge in [-0.3, -0.25) is 0 Å². The fourth-order valence-corrected chi connectivity index (χ4v) is 3.30. The van der Waals surface area contributed by atoms with E-state index in [0.717, 1.165) is 12.8 Å². The lowest BCUT2D eigenvalue weighted by Crippen LogP contribution is -2.36. The van der Waals surface area contributed by atoms with Gasteiger partial charge in [-0.2, -0.15) is 4.31 Å². The molecule has 0 saturated carbocycles. The summed E-state index contributed by atoms with van der Waals surface area (Å²) >= 11 is 0. The van der Waals surface area contributed by atoms with E-state index in [1.165, 1.54) is 15.2 Å². The average molecular weight is 260 g/mol. The number of imidazole rings is 1. The molecular formula is C10H20N4O2S. The van der Waals surface area contributed by atoms with Gasteiger partial charge < -0.3 is 10.3 Å². The van der Waals surface area contributed by atoms with Gasteiger partial charge in [-0.15, -0.1) is 0 Å². The molecule has 0 aromatic carbocycles. The van der Waals surface area contributed by atoms with Crippen molar-refractivity contribution in [2.45, 2.75) is 37.8 Å². The molecular weight excluding hydrogens is 240 g/mol. The first-order valence-corrected chi connectivity index (χ1v) is 7.01. The van der Waals surface area contributed by atoms with Crippen LogP contribution in [-0.2, 0) is 17.1 Å². The minimum Gasteiger partial charge on any atom is -0.381 e. The molecule has 1 atom stereocenters. The Morgan fingerprint density at radius 2 is 2.18 bits per heavy atom. The molecule has 1 aromatic rings. The van der Waals surface area contributed by atoms with Crippen LogP contribution in [0.15, 0.2) is 11.4 Å². The number of anilines is 1. The maximum Gasteiger partial charge on any atom is 0.262 e. The van der Waals surface area contributed by atoms with E-state index < -0.39 is 10.0 Å². The third-order valence-corrected chi connectivity index (χ3v) is 4.96. The first kappa shape index (κ1) is 14.0. The van der Waals surface area contributed by atoms with Crippen molar-refractivity contribution in [3.05, 3.63) is 6.33 Å². The van der Waals surface area contributed by atoms with E-state index in [1.54, 1.807) is 14.1 Å². The monoisotopic (exact) mass is 260 g/mol. The topological polar surface area (TPSA) is 81.2 Å². The summed E-state index contributed by atoms with van der Waals surface area (Å²) in [4.78, 5) is 3.81. The van der Waals surface area contributed by atoms with Crippen LogP contribution in [0.3, 0.4) is 0 Å². The molecule has 1 rings (SSSR count). The molecule has 1 heterocycles. The predicted molar refractivity (Wildman–Crippen MR) is 66.9 cm³/mol. The number of nitrogens with two attached hydrogens (primary N) is 1. The zero-order valence-corrected chi connectivity index (χ0v) is 11.5. The molecule has 98 valence electrons. The molecule has 7 heteroatoms. The highest BCUT2D eigenvalue weighted by atomic mass is 32.2. The summed E-state index contributed by atoms with van der Waals surface area (Å²) in [6.07, 6.45) is 3.15. The molecule has 6 nitrogen and oxygen atoms in total. The Morgan fingerprint density at radius 3 is 2.59 bits per heavy atom. The van der Waals surface area contributed by atoms with Crippen molar-refractivity contribution < 1.29 is 8.42 Å². The number of aromatic nitrogens is 2. The lowest BCUT2D eigenvalue weighted by atomic mass is 10.2. The van der Waals surface area contributed by atoms with Crippen LogP contribution in [0.5, 0.6) is 0 Å².